The maximum Gasteiger partial charge on any atom is 0.243 e. The molecule has 1 unspecified atom stereocenters. The van der Waals surface area contributed by atoms with Gasteiger partial charge < -0.3 is 10.1 Å². The van der Waals surface area contributed by atoms with Crippen LogP contribution >= 0.6 is 0 Å². The average Bonchev–Trinajstić information content (AvgIpc) is 2.68. The number of carbonyl (C=O) groups excluding carboxylic acids is 1. The Balaban J connectivity index is 1.88. The summed E-state index contributed by atoms with van der Waals surface area (Å²) in [6.45, 7) is 5.18. The van der Waals surface area contributed by atoms with E-state index in [1.54, 1.807) is 13.8 Å². The summed E-state index contributed by atoms with van der Waals surface area (Å²) < 4.78 is 59.2. The summed E-state index contributed by atoms with van der Waals surface area (Å²) >= 11 is 0. The van der Waals surface area contributed by atoms with Crippen LogP contribution in [0.3, 0.4) is 0 Å². The Hall–Kier alpha value is -1.53. The van der Waals surface area contributed by atoms with Gasteiger partial charge in [-0.05, 0) is 30.2 Å². The van der Waals surface area contributed by atoms with Crippen molar-refractivity contribution in [2.24, 2.45) is 5.92 Å². The number of nitrogens with one attached hydrogen (secondary N) is 1. The number of carbonyl (C=O) groups is 1. The van der Waals surface area contributed by atoms with Crippen molar-refractivity contribution in [3.8, 4) is 0 Å². The predicted molar refractivity (Wildman–Crippen MR) is 102 cm³/mol. The van der Waals surface area contributed by atoms with Crippen LogP contribution < -0.4 is 5.32 Å². The number of nitrogens with zero attached hydrogens (tertiary/aromatic N) is 2. The lowest BCUT2D eigenvalue weighted by Gasteiger charge is -2.36. The van der Waals surface area contributed by atoms with Gasteiger partial charge in [0.15, 0.2) is 0 Å². The van der Waals surface area contributed by atoms with Gasteiger partial charge in [-0.25, -0.2) is 16.8 Å². The molecule has 1 atom stereocenters. The van der Waals surface area contributed by atoms with Gasteiger partial charge in [-0.1, -0.05) is 13.8 Å². The summed E-state index contributed by atoms with van der Waals surface area (Å²) in [5.74, 6) is -0.521. The molecule has 1 aromatic carbocycles. The number of hydrogen-bond acceptors (Lipinski definition) is 6. The van der Waals surface area contributed by atoms with Crippen molar-refractivity contribution in [3.63, 3.8) is 0 Å². The first-order chi connectivity index (χ1) is 13.2. The van der Waals surface area contributed by atoms with Gasteiger partial charge >= 0.3 is 0 Å². The standard InChI is InChI=1S/C17H25N3O6S2/c1-13(2)16-17(21)18-7-8-20(16)28(24,25)15-5-3-14(4-6-15)27(22,23)19-9-11-26-12-10-19/h3-6,13,16H,7-12H2,1-2H3,(H,18,21). The number of ether oxygens (including phenoxy) is 1. The van der Waals surface area contributed by atoms with Crippen molar-refractivity contribution >= 4 is 26.0 Å². The Labute approximate surface area is 165 Å². The maximum atomic E-state index is 13.1. The Bertz CT molecular complexity index is 922. The van der Waals surface area contributed by atoms with Crippen LogP contribution in [0.25, 0.3) is 0 Å². The van der Waals surface area contributed by atoms with E-state index in [1.807, 2.05) is 0 Å². The highest BCUT2D eigenvalue weighted by molar-refractivity contribution is 7.89. The zero-order chi connectivity index (χ0) is 20.5. The van der Waals surface area contributed by atoms with E-state index in [2.05, 4.69) is 5.32 Å². The van der Waals surface area contributed by atoms with Crippen molar-refractivity contribution in [2.45, 2.75) is 29.7 Å². The number of benzene rings is 1. The molecule has 0 saturated carbocycles. The van der Waals surface area contributed by atoms with Crippen molar-refractivity contribution < 1.29 is 26.4 Å². The van der Waals surface area contributed by atoms with E-state index in [4.69, 9.17) is 4.74 Å². The smallest absolute Gasteiger partial charge is 0.243 e. The summed E-state index contributed by atoms with van der Waals surface area (Å²) in [6.07, 6.45) is 0. The minimum absolute atomic E-state index is 0.0325. The van der Waals surface area contributed by atoms with Gasteiger partial charge in [-0.2, -0.15) is 8.61 Å². The van der Waals surface area contributed by atoms with Gasteiger partial charge in [0, 0.05) is 26.2 Å². The minimum Gasteiger partial charge on any atom is -0.379 e. The van der Waals surface area contributed by atoms with Crippen molar-refractivity contribution in [2.75, 3.05) is 39.4 Å². The number of hydrogen-bond donors (Lipinski definition) is 1. The molecule has 1 N–H and O–H groups in total. The van der Waals surface area contributed by atoms with E-state index < -0.39 is 26.1 Å². The molecule has 11 heteroatoms. The first-order valence-electron chi connectivity index (χ1n) is 9.13. The molecule has 2 fully saturated rings. The van der Waals surface area contributed by atoms with Gasteiger partial charge in [0.25, 0.3) is 0 Å². The molecule has 0 aromatic heterocycles. The van der Waals surface area contributed by atoms with E-state index in [9.17, 15) is 21.6 Å². The number of morpholine rings is 1. The molecule has 2 heterocycles. The van der Waals surface area contributed by atoms with Gasteiger partial charge in [0.2, 0.25) is 26.0 Å². The monoisotopic (exact) mass is 431 g/mol. The number of sulfonamides is 2. The third-order valence-corrected chi connectivity index (χ3v) is 8.69. The van der Waals surface area contributed by atoms with E-state index in [0.29, 0.717) is 13.2 Å². The molecule has 0 radical (unpaired) electrons. The molecule has 28 heavy (non-hydrogen) atoms. The highest BCUT2D eigenvalue weighted by Gasteiger charge is 2.40. The molecule has 156 valence electrons. The second-order valence-electron chi connectivity index (χ2n) is 7.08. The molecule has 9 nitrogen and oxygen atoms in total. The lowest BCUT2D eigenvalue weighted by atomic mass is 10.0. The van der Waals surface area contributed by atoms with Gasteiger partial charge in [0.05, 0.1) is 23.0 Å². The van der Waals surface area contributed by atoms with Crippen LogP contribution in [-0.4, -0.2) is 76.8 Å². The highest BCUT2D eigenvalue weighted by Crippen LogP contribution is 2.25. The molecular formula is C17H25N3O6S2. The maximum absolute atomic E-state index is 13.1. The van der Waals surface area contributed by atoms with E-state index in [-0.39, 0.29) is 47.8 Å². The second kappa shape index (κ2) is 8.07. The van der Waals surface area contributed by atoms with Crippen LogP contribution in [0.1, 0.15) is 13.8 Å². The van der Waals surface area contributed by atoms with Crippen molar-refractivity contribution in [3.05, 3.63) is 24.3 Å². The number of amides is 1. The molecule has 1 aromatic rings. The van der Waals surface area contributed by atoms with Crippen molar-refractivity contribution in [1.29, 1.82) is 0 Å². The second-order valence-corrected chi connectivity index (χ2v) is 10.9. The fourth-order valence-corrected chi connectivity index (χ4v) is 6.55. The Kier molecular flexibility index (Phi) is 6.11. The zero-order valence-electron chi connectivity index (χ0n) is 15.9. The molecule has 3 rings (SSSR count). The van der Waals surface area contributed by atoms with E-state index >= 15 is 0 Å². The third-order valence-electron chi connectivity index (χ3n) is 4.88. The summed E-state index contributed by atoms with van der Waals surface area (Å²) in [4.78, 5) is 12.2. The van der Waals surface area contributed by atoms with Crippen LogP contribution in [-0.2, 0) is 29.6 Å². The Morgan fingerprint density at radius 2 is 1.50 bits per heavy atom. The first kappa shape index (κ1) is 21.2. The average molecular weight is 432 g/mol. The minimum atomic E-state index is -3.93. The molecule has 1 amide bonds. The summed E-state index contributed by atoms with van der Waals surface area (Å²) in [5, 5.41) is 2.69. The van der Waals surface area contributed by atoms with Gasteiger partial charge in [-0.15, -0.1) is 0 Å². The zero-order valence-corrected chi connectivity index (χ0v) is 17.5. The largest absolute Gasteiger partial charge is 0.379 e. The Morgan fingerprint density at radius 1 is 0.964 bits per heavy atom. The third kappa shape index (κ3) is 3.94. The SMILES string of the molecule is CC(C)C1C(=O)NCCN1S(=O)(=O)c1ccc(S(=O)(=O)N2CCOCC2)cc1. The van der Waals surface area contributed by atoms with Crippen LogP contribution in [0.4, 0.5) is 0 Å². The van der Waals surface area contributed by atoms with Gasteiger partial charge in [0.1, 0.15) is 6.04 Å². The quantitative estimate of drug-likeness (QED) is 0.694. The Morgan fingerprint density at radius 3 is 2.04 bits per heavy atom. The number of rotatable bonds is 5. The van der Waals surface area contributed by atoms with Crippen LogP contribution in [0.15, 0.2) is 34.1 Å². The predicted octanol–water partition coefficient (Wildman–Crippen LogP) is -0.147. The summed E-state index contributed by atoms with van der Waals surface area (Å²) in [6, 6.07) is 4.37. The lowest BCUT2D eigenvalue weighted by Crippen LogP contribution is -2.58. The summed E-state index contributed by atoms with van der Waals surface area (Å²) in [7, 11) is -7.63. The van der Waals surface area contributed by atoms with E-state index in [0.717, 1.165) is 0 Å². The fraction of sp³-hybridized carbons (Fsp3) is 0.588. The van der Waals surface area contributed by atoms with Crippen LogP contribution in [0.5, 0.6) is 0 Å². The molecule has 0 spiro atoms. The fourth-order valence-electron chi connectivity index (χ4n) is 3.42. The lowest BCUT2D eigenvalue weighted by molar-refractivity contribution is -0.128. The molecule has 2 saturated heterocycles. The molecule has 0 bridgehead atoms. The first-order valence-corrected chi connectivity index (χ1v) is 12.0. The molecule has 0 aliphatic carbocycles. The highest BCUT2D eigenvalue weighted by atomic mass is 32.2. The topological polar surface area (TPSA) is 113 Å². The van der Waals surface area contributed by atoms with Crippen molar-refractivity contribution in [1.82, 2.24) is 13.9 Å². The molecular weight excluding hydrogens is 406 g/mol. The van der Waals surface area contributed by atoms with E-state index in [1.165, 1.54) is 32.9 Å². The summed E-state index contributed by atoms with van der Waals surface area (Å²) in [5.41, 5.74) is 0. The molecule has 2 aliphatic rings. The van der Waals surface area contributed by atoms with Crippen LogP contribution in [0.2, 0.25) is 0 Å². The van der Waals surface area contributed by atoms with Crippen LogP contribution in [0, 0.1) is 5.92 Å². The van der Waals surface area contributed by atoms with Gasteiger partial charge in [-0.3, -0.25) is 4.79 Å². The normalized spacial score (nSPS) is 23.0. The molecule has 2 aliphatic heterocycles. The number of piperazine rings is 1.